The molecule has 0 aromatic heterocycles. The van der Waals surface area contributed by atoms with Gasteiger partial charge in [-0.05, 0) is 44.0 Å². The molecule has 1 rings (SSSR count). The molecule has 3 N–H and O–H groups in total. The van der Waals surface area contributed by atoms with Crippen LogP contribution >= 0.6 is 0 Å². The fraction of sp³-hybridized carbons (Fsp3) is 0.417. The number of benzene rings is 1. The monoisotopic (exact) mass is 206 g/mol. The van der Waals surface area contributed by atoms with Crippen LogP contribution < -0.4 is 10.5 Å². The first-order chi connectivity index (χ1) is 6.99. The maximum Gasteiger partial charge on any atom is 0.120 e. The summed E-state index contributed by atoms with van der Waals surface area (Å²) in [6, 6.07) is 5.98. The van der Waals surface area contributed by atoms with Gasteiger partial charge in [0, 0.05) is 6.42 Å². The summed E-state index contributed by atoms with van der Waals surface area (Å²) in [7, 11) is 0. The third-order valence-corrected chi connectivity index (χ3v) is 2.32. The van der Waals surface area contributed by atoms with Gasteiger partial charge in [0.15, 0.2) is 0 Å². The van der Waals surface area contributed by atoms with Crippen molar-refractivity contribution in [3.8, 4) is 5.75 Å². The Morgan fingerprint density at radius 2 is 2.07 bits per heavy atom. The topological polar surface area (TPSA) is 59.1 Å². The summed E-state index contributed by atoms with van der Waals surface area (Å²) >= 11 is 0. The van der Waals surface area contributed by atoms with Crippen LogP contribution in [0, 0.1) is 19.3 Å². The fourth-order valence-electron chi connectivity index (χ4n) is 1.37. The van der Waals surface area contributed by atoms with Crippen LogP contribution in [0.4, 0.5) is 0 Å². The van der Waals surface area contributed by atoms with Crippen molar-refractivity contribution in [1.29, 1.82) is 5.41 Å². The molecule has 1 aromatic rings. The van der Waals surface area contributed by atoms with Crippen LogP contribution in [0.3, 0.4) is 0 Å². The molecule has 1 atom stereocenters. The van der Waals surface area contributed by atoms with Crippen molar-refractivity contribution in [3.05, 3.63) is 29.3 Å². The smallest absolute Gasteiger partial charge is 0.120 e. The van der Waals surface area contributed by atoms with E-state index in [0.29, 0.717) is 6.42 Å². The van der Waals surface area contributed by atoms with Gasteiger partial charge in [0.2, 0.25) is 0 Å². The average Bonchev–Trinajstić information content (AvgIpc) is 2.10. The van der Waals surface area contributed by atoms with Crippen molar-refractivity contribution in [3.63, 3.8) is 0 Å². The van der Waals surface area contributed by atoms with Crippen molar-refractivity contribution in [2.24, 2.45) is 5.73 Å². The van der Waals surface area contributed by atoms with Gasteiger partial charge in [-0.3, -0.25) is 5.41 Å². The molecule has 0 aliphatic carbocycles. The Balaban J connectivity index is 2.64. The number of aryl methyl sites for hydroxylation is 2. The van der Waals surface area contributed by atoms with Gasteiger partial charge in [-0.1, -0.05) is 6.07 Å². The molecular weight excluding hydrogens is 188 g/mol. The van der Waals surface area contributed by atoms with Crippen molar-refractivity contribution >= 4 is 5.84 Å². The Bertz CT molecular complexity index is 361. The predicted octanol–water partition coefficient (Wildman–Crippen LogP) is 2.40. The summed E-state index contributed by atoms with van der Waals surface area (Å²) in [5.41, 5.74) is 7.77. The highest BCUT2D eigenvalue weighted by atomic mass is 16.5. The number of rotatable bonds is 4. The molecule has 0 radical (unpaired) electrons. The number of ether oxygens (including phenoxy) is 1. The SMILES string of the molecule is Cc1ccc(OC(C)CC(=N)N)cc1C. The Hall–Kier alpha value is -1.51. The van der Waals surface area contributed by atoms with Crippen molar-refractivity contribution in [2.45, 2.75) is 33.3 Å². The maximum absolute atomic E-state index is 7.16. The largest absolute Gasteiger partial charge is 0.490 e. The van der Waals surface area contributed by atoms with Crippen molar-refractivity contribution in [2.75, 3.05) is 0 Å². The fourth-order valence-corrected chi connectivity index (χ4v) is 1.37. The van der Waals surface area contributed by atoms with Gasteiger partial charge < -0.3 is 10.5 Å². The first-order valence-electron chi connectivity index (χ1n) is 5.06. The minimum Gasteiger partial charge on any atom is -0.490 e. The molecule has 0 heterocycles. The van der Waals surface area contributed by atoms with E-state index in [4.69, 9.17) is 15.9 Å². The zero-order valence-electron chi connectivity index (χ0n) is 9.50. The summed E-state index contributed by atoms with van der Waals surface area (Å²) in [5, 5.41) is 7.16. The number of hydrogen-bond donors (Lipinski definition) is 2. The molecule has 0 bridgehead atoms. The molecule has 0 amide bonds. The molecule has 15 heavy (non-hydrogen) atoms. The lowest BCUT2D eigenvalue weighted by molar-refractivity contribution is 0.229. The lowest BCUT2D eigenvalue weighted by atomic mass is 10.1. The average molecular weight is 206 g/mol. The molecule has 0 spiro atoms. The molecular formula is C12H18N2O. The highest BCUT2D eigenvalue weighted by Gasteiger charge is 2.06. The van der Waals surface area contributed by atoms with Crippen LogP contribution in [-0.2, 0) is 0 Å². The summed E-state index contributed by atoms with van der Waals surface area (Å²) in [5.74, 6) is 0.998. The highest BCUT2D eigenvalue weighted by Crippen LogP contribution is 2.18. The predicted molar refractivity (Wildman–Crippen MR) is 62.5 cm³/mol. The molecule has 0 saturated heterocycles. The molecule has 3 nitrogen and oxygen atoms in total. The third-order valence-electron chi connectivity index (χ3n) is 2.32. The van der Waals surface area contributed by atoms with Gasteiger partial charge in [0.25, 0.3) is 0 Å². The lowest BCUT2D eigenvalue weighted by Gasteiger charge is -2.14. The van der Waals surface area contributed by atoms with Crippen molar-refractivity contribution in [1.82, 2.24) is 0 Å². The van der Waals surface area contributed by atoms with Crippen LogP contribution in [0.2, 0.25) is 0 Å². The second-order valence-corrected chi connectivity index (χ2v) is 3.90. The number of hydrogen-bond acceptors (Lipinski definition) is 2. The minimum absolute atomic E-state index is 0.0513. The van der Waals surface area contributed by atoms with Gasteiger partial charge in [-0.2, -0.15) is 0 Å². The van der Waals surface area contributed by atoms with Crippen LogP contribution in [0.15, 0.2) is 18.2 Å². The molecule has 3 heteroatoms. The van der Waals surface area contributed by atoms with E-state index in [9.17, 15) is 0 Å². The van der Waals surface area contributed by atoms with E-state index in [0.717, 1.165) is 5.75 Å². The van der Waals surface area contributed by atoms with E-state index in [-0.39, 0.29) is 11.9 Å². The highest BCUT2D eigenvalue weighted by molar-refractivity contribution is 5.77. The Morgan fingerprint density at radius 1 is 1.40 bits per heavy atom. The van der Waals surface area contributed by atoms with E-state index in [1.54, 1.807) is 0 Å². The van der Waals surface area contributed by atoms with Gasteiger partial charge in [-0.15, -0.1) is 0 Å². The van der Waals surface area contributed by atoms with Gasteiger partial charge in [0.05, 0.1) is 5.84 Å². The maximum atomic E-state index is 7.16. The Kier molecular flexibility index (Phi) is 3.72. The van der Waals surface area contributed by atoms with Gasteiger partial charge in [-0.25, -0.2) is 0 Å². The van der Waals surface area contributed by atoms with Crippen LogP contribution in [0.5, 0.6) is 5.75 Å². The molecule has 0 aliphatic rings. The van der Waals surface area contributed by atoms with Gasteiger partial charge >= 0.3 is 0 Å². The third kappa shape index (κ3) is 3.62. The van der Waals surface area contributed by atoms with Crippen LogP contribution in [0.25, 0.3) is 0 Å². The molecule has 1 unspecified atom stereocenters. The van der Waals surface area contributed by atoms with Crippen molar-refractivity contribution < 1.29 is 4.74 Å². The first kappa shape index (κ1) is 11.6. The van der Waals surface area contributed by atoms with E-state index in [1.807, 2.05) is 25.1 Å². The molecule has 1 aromatic carbocycles. The Morgan fingerprint density at radius 3 is 2.60 bits per heavy atom. The zero-order chi connectivity index (χ0) is 11.4. The molecule has 0 saturated carbocycles. The first-order valence-corrected chi connectivity index (χ1v) is 5.06. The lowest BCUT2D eigenvalue weighted by Crippen LogP contribution is -2.21. The molecule has 0 fully saturated rings. The summed E-state index contributed by atoms with van der Waals surface area (Å²) in [4.78, 5) is 0. The van der Waals surface area contributed by atoms with E-state index in [2.05, 4.69) is 13.8 Å². The van der Waals surface area contributed by atoms with E-state index in [1.165, 1.54) is 11.1 Å². The van der Waals surface area contributed by atoms with Gasteiger partial charge in [0.1, 0.15) is 11.9 Å². The minimum atomic E-state index is -0.0513. The zero-order valence-corrected chi connectivity index (χ0v) is 9.50. The van der Waals surface area contributed by atoms with Crippen LogP contribution in [-0.4, -0.2) is 11.9 Å². The summed E-state index contributed by atoms with van der Waals surface area (Å²) < 4.78 is 5.64. The summed E-state index contributed by atoms with van der Waals surface area (Å²) in [6.45, 7) is 6.03. The standard InChI is InChI=1S/C12H18N2O/c1-8-4-5-11(6-9(8)2)15-10(3)7-12(13)14/h4-6,10H,7H2,1-3H3,(H3,13,14). The quantitative estimate of drug-likeness (QED) is 0.587. The Labute approximate surface area is 90.8 Å². The summed E-state index contributed by atoms with van der Waals surface area (Å²) in [6.07, 6.45) is 0.414. The second kappa shape index (κ2) is 4.82. The molecule has 82 valence electrons. The molecule has 0 aliphatic heterocycles. The normalized spacial score (nSPS) is 12.2. The van der Waals surface area contributed by atoms with E-state index < -0.39 is 0 Å². The number of nitrogens with two attached hydrogens (primary N) is 1. The van der Waals surface area contributed by atoms with E-state index >= 15 is 0 Å². The number of amidine groups is 1. The second-order valence-electron chi connectivity index (χ2n) is 3.90. The van der Waals surface area contributed by atoms with Crippen LogP contribution in [0.1, 0.15) is 24.5 Å². The number of nitrogens with one attached hydrogen (secondary N) is 1.